The SMILES string of the molecule is CCC1=C(C(=O)OC)C(c2cccc(OC)c2)NC(=O)N1. The zero-order chi connectivity index (χ0) is 15.4. The van der Waals surface area contributed by atoms with E-state index in [1.807, 2.05) is 19.1 Å². The van der Waals surface area contributed by atoms with Crippen LogP contribution in [0.25, 0.3) is 0 Å². The molecule has 2 rings (SSSR count). The van der Waals surface area contributed by atoms with Gasteiger partial charge < -0.3 is 20.1 Å². The van der Waals surface area contributed by atoms with Crippen LogP contribution < -0.4 is 15.4 Å². The summed E-state index contributed by atoms with van der Waals surface area (Å²) in [6, 6.07) is 6.32. The van der Waals surface area contributed by atoms with Gasteiger partial charge in [-0.1, -0.05) is 19.1 Å². The Morgan fingerprint density at radius 2 is 2.10 bits per heavy atom. The van der Waals surface area contributed by atoms with Crippen molar-refractivity contribution in [2.45, 2.75) is 19.4 Å². The van der Waals surface area contributed by atoms with E-state index in [1.165, 1.54) is 7.11 Å². The summed E-state index contributed by atoms with van der Waals surface area (Å²) in [4.78, 5) is 23.9. The van der Waals surface area contributed by atoms with Crippen molar-refractivity contribution in [3.05, 3.63) is 41.1 Å². The summed E-state index contributed by atoms with van der Waals surface area (Å²) in [5, 5.41) is 5.41. The Labute approximate surface area is 123 Å². The largest absolute Gasteiger partial charge is 0.497 e. The predicted octanol–water partition coefficient (Wildman–Crippen LogP) is 1.89. The van der Waals surface area contributed by atoms with Gasteiger partial charge in [-0.05, 0) is 24.1 Å². The van der Waals surface area contributed by atoms with Crippen LogP contribution in [0.4, 0.5) is 4.79 Å². The van der Waals surface area contributed by atoms with Crippen LogP contribution >= 0.6 is 0 Å². The molecule has 1 heterocycles. The van der Waals surface area contributed by atoms with Crippen LogP contribution in [0.5, 0.6) is 5.75 Å². The molecule has 1 aliphatic heterocycles. The van der Waals surface area contributed by atoms with Crippen molar-refractivity contribution in [1.82, 2.24) is 10.6 Å². The maximum Gasteiger partial charge on any atom is 0.337 e. The zero-order valence-corrected chi connectivity index (χ0v) is 12.2. The first-order valence-corrected chi connectivity index (χ1v) is 6.63. The standard InChI is InChI=1S/C15H18N2O4/c1-4-11-12(14(18)21-3)13(17-15(19)16-11)9-6-5-7-10(8-9)20-2/h5-8,13H,4H2,1-3H3,(H2,16,17,19). The maximum absolute atomic E-state index is 12.1. The highest BCUT2D eigenvalue weighted by Gasteiger charge is 2.32. The molecule has 1 unspecified atom stereocenters. The summed E-state index contributed by atoms with van der Waals surface area (Å²) in [5.74, 6) is 0.190. The number of benzene rings is 1. The Bertz CT molecular complexity index is 595. The lowest BCUT2D eigenvalue weighted by atomic mass is 9.94. The van der Waals surface area contributed by atoms with Gasteiger partial charge in [0.1, 0.15) is 5.75 Å². The van der Waals surface area contributed by atoms with Gasteiger partial charge in [-0.3, -0.25) is 0 Å². The van der Waals surface area contributed by atoms with Crippen LogP contribution in [0, 0.1) is 0 Å². The van der Waals surface area contributed by atoms with E-state index in [0.29, 0.717) is 23.4 Å². The van der Waals surface area contributed by atoms with Crippen molar-refractivity contribution in [3.63, 3.8) is 0 Å². The first-order chi connectivity index (χ1) is 10.1. The Morgan fingerprint density at radius 1 is 1.33 bits per heavy atom. The molecule has 0 aromatic heterocycles. The predicted molar refractivity (Wildman–Crippen MR) is 76.7 cm³/mol. The monoisotopic (exact) mass is 290 g/mol. The third-order valence-corrected chi connectivity index (χ3v) is 3.34. The Morgan fingerprint density at radius 3 is 2.71 bits per heavy atom. The number of nitrogens with one attached hydrogen (secondary N) is 2. The second-order valence-electron chi connectivity index (χ2n) is 4.55. The average Bonchev–Trinajstić information content (AvgIpc) is 2.53. The van der Waals surface area contributed by atoms with Gasteiger partial charge in [-0.2, -0.15) is 0 Å². The van der Waals surface area contributed by atoms with E-state index < -0.39 is 12.0 Å². The fraction of sp³-hybridized carbons (Fsp3) is 0.333. The van der Waals surface area contributed by atoms with Crippen LogP contribution in [0.3, 0.4) is 0 Å². The smallest absolute Gasteiger partial charge is 0.337 e. The molecule has 0 radical (unpaired) electrons. The number of carbonyl (C=O) groups is 2. The highest BCUT2D eigenvalue weighted by Crippen LogP contribution is 2.30. The van der Waals surface area contributed by atoms with Crippen LogP contribution in [-0.2, 0) is 9.53 Å². The zero-order valence-electron chi connectivity index (χ0n) is 12.2. The average molecular weight is 290 g/mol. The van der Waals surface area contributed by atoms with Gasteiger partial charge in [0, 0.05) is 5.70 Å². The van der Waals surface area contributed by atoms with Crippen LogP contribution in [0.15, 0.2) is 35.5 Å². The summed E-state index contributed by atoms with van der Waals surface area (Å²) in [5.41, 5.74) is 1.74. The van der Waals surface area contributed by atoms with Gasteiger partial charge in [-0.15, -0.1) is 0 Å². The molecule has 21 heavy (non-hydrogen) atoms. The fourth-order valence-electron chi connectivity index (χ4n) is 2.32. The molecule has 0 spiro atoms. The third-order valence-electron chi connectivity index (χ3n) is 3.34. The van der Waals surface area contributed by atoms with Crippen LogP contribution in [0.1, 0.15) is 24.9 Å². The minimum atomic E-state index is -0.559. The molecule has 1 atom stereocenters. The number of hydrogen-bond acceptors (Lipinski definition) is 4. The summed E-state index contributed by atoms with van der Waals surface area (Å²) < 4.78 is 10.0. The number of esters is 1. The van der Waals surface area contributed by atoms with Crippen molar-refractivity contribution in [2.75, 3.05) is 14.2 Å². The Kier molecular flexibility index (Phi) is 4.47. The fourth-order valence-corrected chi connectivity index (χ4v) is 2.32. The molecular weight excluding hydrogens is 272 g/mol. The molecule has 0 saturated carbocycles. The second-order valence-corrected chi connectivity index (χ2v) is 4.55. The number of amides is 2. The summed E-state index contributed by atoms with van der Waals surface area (Å²) in [7, 11) is 2.89. The van der Waals surface area contributed by atoms with Crippen molar-refractivity contribution >= 4 is 12.0 Å². The molecule has 2 amide bonds. The maximum atomic E-state index is 12.1. The minimum Gasteiger partial charge on any atom is -0.497 e. The molecule has 6 nitrogen and oxygen atoms in total. The van der Waals surface area contributed by atoms with Crippen LogP contribution in [-0.4, -0.2) is 26.2 Å². The van der Waals surface area contributed by atoms with E-state index in [2.05, 4.69) is 10.6 Å². The lowest BCUT2D eigenvalue weighted by Crippen LogP contribution is -2.45. The van der Waals surface area contributed by atoms with Gasteiger partial charge >= 0.3 is 12.0 Å². The van der Waals surface area contributed by atoms with Gasteiger partial charge in [0.15, 0.2) is 0 Å². The number of rotatable bonds is 4. The van der Waals surface area contributed by atoms with E-state index in [0.717, 1.165) is 5.56 Å². The van der Waals surface area contributed by atoms with Crippen LogP contribution in [0.2, 0.25) is 0 Å². The number of allylic oxidation sites excluding steroid dienone is 1. The van der Waals surface area contributed by atoms with Crippen molar-refractivity contribution in [3.8, 4) is 5.75 Å². The second kappa shape index (κ2) is 6.30. The molecule has 112 valence electrons. The molecule has 0 bridgehead atoms. The first kappa shape index (κ1) is 14.9. The van der Waals surface area contributed by atoms with Crippen molar-refractivity contribution in [1.29, 1.82) is 0 Å². The lowest BCUT2D eigenvalue weighted by Gasteiger charge is -2.29. The van der Waals surface area contributed by atoms with Gasteiger partial charge in [0.05, 0.1) is 25.8 Å². The van der Waals surface area contributed by atoms with E-state index >= 15 is 0 Å². The number of urea groups is 1. The van der Waals surface area contributed by atoms with Crippen molar-refractivity contribution in [2.24, 2.45) is 0 Å². The normalized spacial score (nSPS) is 17.9. The van der Waals surface area contributed by atoms with E-state index in [4.69, 9.17) is 9.47 Å². The summed E-state index contributed by atoms with van der Waals surface area (Å²) >= 11 is 0. The Hall–Kier alpha value is -2.50. The quantitative estimate of drug-likeness (QED) is 0.830. The van der Waals surface area contributed by atoms with E-state index in [9.17, 15) is 9.59 Å². The molecule has 1 aliphatic rings. The lowest BCUT2D eigenvalue weighted by molar-refractivity contribution is -0.136. The molecule has 6 heteroatoms. The summed E-state index contributed by atoms with van der Waals surface area (Å²) in [6.07, 6.45) is 0.526. The van der Waals surface area contributed by atoms with Gasteiger partial charge in [-0.25, -0.2) is 9.59 Å². The number of ether oxygens (including phenoxy) is 2. The molecule has 1 aromatic carbocycles. The number of hydrogen-bond donors (Lipinski definition) is 2. The van der Waals surface area contributed by atoms with Gasteiger partial charge in [0.2, 0.25) is 0 Å². The topological polar surface area (TPSA) is 76.7 Å². The number of carbonyl (C=O) groups excluding carboxylic acids is 2. The highest BCUT2D eigenvalue weighted by atomic mass is 16.5. The van der Waals surface area contributed by atoms with Crippen molar-refractivity contribution < 1.29 is 19.1 Å². The molecule has 0 aliphatic carbocycles. The van der Waals surface area contributed by atoms with E-state index in [-0.39, 0.29) is 6.03 Å². The molecule has 0 fully saturated rings. The highest BCUT2D eigenvalue weighted by molar-refractivity contribution is 5.95. The van der Waals surface area contributed by atoms with Gasteiger partial charge in [0.25, 0.3) is 0 Å². The van der Waals surface area contributed by atoms with E-state index in [1.54, 1.807) is 19.2 Å². The molecule has 2 N–H and O–H groups in total. The first-order valence-electron chi connectivity index (χ1n) is 6.63. The number of methoxy groups -OCH3 is 2. The molecular formula is C15H18N2O4. The molecule has 1 aromatic rings. The third kappa shape index (κ3) is 2.99. The molecule has 0 saturated heterocycles. The minimum absolute atomic E-state index is 0.340. The Balaban J connectivity index is 2.51. The summed E-state index contributed by atoms with van der Waals surface area (Å²) in [6.45, 7) is 1.87.